The smallest absolute Gasteiger partial charge is 0.129 e. The zero-order valence-electron chi connectivity index (χ0n) is 20.5. The molecule has 0 amide bonds. The number of anilines is 1. The summed E-state index contributed by atoms with van der Waals surface area (Å²) < 4.78 is 5.41. The predicted octanol–water partition coefficient (Wildman–Crippen LogP) is 4.57. The number of pyridine rings is 1. The molecule has 2 fully saturated rings. The Morgan fingerprint density at radius 1 is 0.970 bits per heavy atom. The lowest BCUT2D eigenvalue weighted by Crippen LogP contribution is -2.47. The summed E-state index contributed by atoms with van der Waals surface area (Å²) in [7, 11) is 1.73. The van der Waals surface area contributed by atoms with Gasteiger partial charge in [-0.25, -0.2) is 4.98 Å². The molecule has 1 aromatic carbocycles. The van der Waals surface area contributed by atoms with Crippen LogP contribution in [0.2, 0.25) is 0 Å². The van der Waals surface area contributed by atoms with Gasteiger partial charge in [0.15, 0.2) is 0 Å². The van der Waals surface area contributed by atoms with E-state index in [1.807, 2.05) is 6.07 Å². The monoisotopic (exact) mass is 446 g/mol. The lowest BCUT2D eigenvalue weighted by atomic mass is 10.0. The van der Waals surface area contributed by atoms with Gasteiger partial charge in [-0.1, -0.05) is 12.1 Å². The normalized spacial score (nSPS) is 20.6. The molecule has 2 aromatic rings. The number of methoxy groups -OCH3 is 1. The Hall–Kier alpha value is -2.37. The average molecular weight is 447 g/mol. The van der Waals surface area contributed by atoms with Gasteiger partial charge in [-0.05, 0) is 93.2 Å². The first-order valence-corrected chi connectivity index (χ1v) is 12.7. The molecule has 3 heterocycles. The van der Waals surface area contributed by atoms with Crippen LogP contribution in [-0.4, -0.2) is 73.2 Å². The van der Waals surface area contributed by atoms with Gasteiger partial charge in [0.25, 0.3) is 0 Å². The van der Waals surface area contributed by atoms with Crippen molar-refractivity contribution in [2.75, 3.05) is 51.3 Å². The lowest BCUT2D eigenvalue weighted by Gasteiger charge is -2.39. The van der Waals surface area contributed by atoms with Gasteiger partial charge in [-0.15, -0.1) is 0 Å². The van der Waals surface area contributed by atoms with Crippen LogP contribution in [0.4, 0.5) is 5.82 Å². The van der Waals surface area contributed by atoms with Crippen LogP contribution in [0, 0.1) is 0 Å². The quantitative estimate of drug-likeness (QED) is 0.672. The number of hydrogen-bond donors (Lipinski definition) is 0. The highest BCUT2D eigenvalue weighted by Gasteiger charge is 2.27. The van der Waals surface area contributed by atoms with Crippen LogP contribution >= 0.6 is 0 Å². The van der Waals surface area contributed by atoms with E-state index in [4.69, 9.17) is 9.72 Å². The summed E-state index contributed by atoms with van der Waals surface area (Å²) in [5, 5.41) is 0. The molecule has 0 N–H and O–H groups in total. The van der Waals surface area contributed by atoms with Crippen molar-refractivity contribution in [1.29, 1.82) is 0 Å². The van der Waals surface area contributed by atoms with Crippen LogP contribution in [0.25, 0.3) is 11.6 Å². The molecule has 176 valence electrons. The third kappa shape index (κ3) is 4.95. The minimum Gasteiger partial charge on any atom is -0.497 e. The summed E-state index contributed by atoms with van der Waals surface area (Å²) >= 11 is 0. The van der Waals surface area contributed by atoms with Crippen LogP contribution in [-0.2, 0) is 6.42 Å². The van der Waals surface area contributed by atoms with Gasteiger partial charge in [-0.3, -0.25) is 4.90 Å². The Bertz CT molecular complexity index is 993. The molecule has 1 aliphatic carbocycles. The molecule has 2 saturated heterocycles. The molecule has 5 nitrogen and oxygen atoms in total. The second kappa shape index (κ2) is 9.86. The van der Waals surface area contributed by atoms with Crippen LogP contribution in [0.5, 0.6) is 5.75 Å². The number of fused-ring (bicyclic) bond motifs is 1. The SMILES string of the molecule is COc1ccc2c(c1)CC(c1cccc(N3CCCN(C4CCN(C(C)C)CC4)CC3)n1)=C2. The van der Waals surface area contributed by atoms with E-state index in [0.717, 1.165) is 49.4 Å². The fourth-order valence-electron chi connectivity index (χ4n) is 5.69. The minimum absolute atomic E-state index is 0.675. The van der Waals surface area contributed by atoms with E-state index in [0.29, 0.717) is 6.04 Å². The second-order valence-electron chi connectivity index (χ2n) is 10.0. The first-order chi connectivity index (χ1) is 16.1. The van der Waals surface area contributed by atoms with Crippen LogP contribution in [0.1, 0.15) is 49.9 Å². The van der Waals surface area contributed by atoms with Crippen LogP contribution in [0.3, 0.4) is 0 Å². The molecule has 3 aliphatic rings. The molecule has 0 radical (unpaired) electrons. The molecule has 0 saturated carbocycles. The van der Waals surface area contributed by atoms with Crippen molar-refractivity contribution in [2.24, 2.45) is 0 Å². The zero-order chi connectivity index (χ0) is 22.8. The summed E-state index contributed by atoms with van der Waals surface area (Å²) in [6, 6.07) is 14.3. The first kappa shape index (κ1) is 22.4. The fraction of sp³-hybridized carbons (Fsp3) is 0.536. The predicted molar refractivity (Wildman–Crippen MR) is 137 cm³/mol. The number of rotatable bonds is 5. The zero-order valence-corrected chi connectivity index (χ0v) is 20.5. The van der Waals surface area contributed by atoms with Crippen molar-refractivity contribution in [2.45, 2.75) is 51.6 Å². The van der Waals surface area contributed by atoms with Crippen LogP contribution in [0.15, 0.2) is 36.4 Å². The van der Waals surface area contributed by atoms with E-state index in [9.17, 15) is 0 Å². The Morgan fingerprint density at radius 3 is 2.61 bits per heavy atom. The third-order valence-electron chi connectivity index (χ3n) is 7.72. The first-order valence-electron chi connectivity index (χ1n) is 12.7. The highest BCUT2D eigenvalue weighted by Crippen LogP contribution is 2.33. The fourth-order valence-corrected chi connectivity index (χ4v) is 5.69. The molecule has 0 bridgehead atoms. The topological polar surface area (TPSA) is 31.8 Å². The summed E-state index contributed by atoms with van der Waals surface area (Å²) in [6.07, 6.45) is 7.04. The molecule has 5 heteroatoms. The maximum atomic E-state index is 5.41. The van der Waals surface area contributed by atoms with Crippen molar-refractivity contribution in [3.63, 3.8) is 0 Å². The standard InChI is InChI=1S/C28H38N4O/c1-21(2)30-14-10-25(11-15-30)31-12-5-13-32(17-16-31)28-7-4-6-27(29-28)24-18-22-8-9-26(33-3)20-23(22)19-24/h4,6-9,18,20-21,25H,5,10-17,19H2,1-3H3. The van der Waals surface area contributed by atoms with Gasteiger partial charge in [-0.2, -0.15) is 0 Å². The van der Waals surface area contributed by atoms with Gasteiger partial charge < -0.3 is 14.5 Å². The van der Waals surface area contributed by atoms with Crippen molar-refractivity contribution in [3.8, 4) is 5.75 Å². The van der Waals surface area contributed by atoms with Crippen molar-refractivity contribution in [3.05, 3.63) is 53.2 Å². The Labute approximate surface area is 199 Å². The average Bonchev–Trinajstić information content (AvgIpc) is 3.12. The molecule has 0 unspecified atom stereocenters. The molecular weight excluding hydrogens is 408 g/mol. The molecule has 2 aliphatic heterocycles. The van der Waals surface area contributed by atoms with E-state index in [1.165, 1.54) is 55.6 Å². The van der Waals surface area contributed by atoms with E-state index in [2.05, 4.69) is 65.0 Å². The summed E-state index contributed by atoms with van der Waals surface area (Å²) in [5.74, 6) is 2.05. The maximum absolute atomic E-state index is 5.41. The number of likely N-dealkylation sites (tertiary alicyclic amines) is 1. The van der Waals surface area contributed by atoms with Gasteiger partial charge in [0.1, 0.15) is 11.6 Å². The number of benzene rings is 1. The largest absolute Gasteiger partial charge is 0.497 e. The highest BCUT2D eigenvalue weighted by molar-refractivity contribution is 5.87. The van der Waals surface area contributed by atoms with Gasteiger partial charge >= 0.3 is 0 Å². The molecule has 33 heavy (non-hydrogen) atoms. The highest BCUT2D eigenvalue weighted by atomic mass is 16.5. The number of allylic oxidation sites excluding steroid dienone is 1. The van der Waals surface area contributed by atoms with Crippen molar-refractivity contribution < 1.29 is 4.74 Å². The van der Waals surface area contributed by atoms with Gasteiger partial charge in [0, 0.05) is 44.7 Å². The second-order valence-corrected chi connectivity index (χ2v) is 10.0. The Balaban J connectivity index is 1.23. The maximum Gasteiger partial charge on any atom is 0.129 e. The van der Waals surface area contributed by atoms with E-state index < -0.39 is 0 Å². The molecule has 0 spiro atoms. The number of hydrogen-bond acceptors (Lipinski definition) is 5. The molecular formula is C28H38N4O. The molecule has 1 aromatic heterocycles. The summed E-state index contributed by atoms with van der Waals surface area (Å²) in [6.45, 7) is 11.7. The lowest BCUT2D eigenvalue weighted by molar-refractivity contribution is 0.0965. The number of ether oxygens (including phenoxy) is 1. The van der Waals surface area contributed by atoms with Crippen LogP contribution < -0.4 is 9.64 Å². The molecule has 5 rings (SSSR count). The summed E-state index contributed by atoms with van der Waals surface area (Å²) in [5.41, 5.74) is 5.01. The Morgan fingerprint density at radius 2 is 1.82 bits per heavy atom. The number of nitrogens with zero attached hydrogens (tertiary/aromatic N) is 4. The number of piperidine rings is 1. The minimum atomic E-state index is 0.675. The summed E-state index contributed by atoms with van der Waals surface area (Å²) in [4.78, 5) is 13.0. The Kier molecular flexibility index (Phi) is 6.70. The van der Waals surface area contributed by atoms with Crippen molar-refractivity contribution >= 4 is 17.5 Å². The van der Waals surface area contributed by atoms with E-state index in [1.54, 1.807) is 7.11 Å². The van der Waals surface area contributed by atoms with E-state index >= 15 is 0 Å². The van der Waals surface area contributed by atoms with Gasteiger partial charge in [0.2, 0.25) is 0 Å². The van der Waals surface area contributed by atoms with Crippen molar-refractivity contribution in [1.82, 2.24) is 14.8 Å². The molecule has 0 atom stereocenters. The number of aromatic nitrogens is 1. The third-order valence-corrected chi connectivity index (χ3v) is 7.72. The van der Waals surface area contributed by atoms with Gasteiger partial charge in [0.05, 0.1) is 12.8 Å². The van der Waals surface area contributed by atoms with E-state index in [-0.39, 0.29) is 0 Å².